The number of hydrogen-bond donors (Lipinski definition) is 0. The van der Waals surface area contributed by atoms with Crippen LogP contribution in [0.25, 0.3) is 0 Å². The van der Waals surface area contributed by atoms with Crippen molar-refractivity contribution in [1.29, 1.82) is 0 Å². The van der Waals surface area contributed by atoms with Crippen molar-refractivity contribution < 1.29 is 0 Å². The molecule has 1 rings (SSSR count). The summed E-state index contributed by atoms with van der Waals surface area (Å²) in [6.07, 6.45) is 0. The molecule has 0 aliphatic carbocycles. The molecule has 0 spiro atoms. The van der Waals surface area contributed by atoms with Crippen LogP contribution in [0.4, 0.5) is 0 Å². The third-order valence-corrected chi connectivity index (χ3v) is 1.51. The summed E-state index contributed by atoms with van der Waals surface area (Å²) in [5, 5.41) is 0. The zero-order valence-corrected chi connectivity index (χ0v) is 6.59. The molecule has 0 aromatic rings. The fourth-order valence-corrected chi connectivity index (χ4v) is 1.27. The topological polar surface area (TPSA) is 6.48 Å². The molecule has 0 radical (unpaired) electrons. The van der Waals surface area contributed by atoms with Crippen LogP contribution in [0.1, 0.15) is 13.8 Å². The molecular formula is C7H16N2. The number of rotatable bonds is 2. The number of hydrogen-bond acceptors (Lipinski definition) is 2. The molecule has 0 unspecified atom stereocenters. The minimum absolute atomic E-state index is 0.818. The zero-order chi connectivity index (χ0) is 6.85. The van der Waals surface area contributed by atoms with E-state index in [1.807, 2.05) is 0 Å². The van der Waals surface area contributed by atoms with Gasteiger partial charge in [0, 0.05) is 6.54 Å². The molecule has 0 aromatic heterocycles. The first-order chi connectivity index (χ1) is 4.18. The molecule has 9 heavy (non-hydrogen) atoms. The van der Waals surface area contributed by atoms with E-state index in [4.69, 9.17) is 0 Å². The van der Waals surface area contributed by atoms with Crippen LogP contribution in [0.15, 0.2) is 0 Å². The third-order valence-electron chi connectivity index (χ3n) is 1.51. The van der Waals surface area contributed by atoms with Crippen molar-refractivity contribution in [2.45, 2.75) is 13.8 Å². The molecule has 1 aliphatic rings. The highest BCUT2D eigenvalue weighted by molar-refractivity contribution is 4.66. The summed E-state index contributed by atoms with van der Waals surface area (Å²) in [5.74, 6) is 0.818. The van der Waals surface area contributed by atoms with Crippen LogP contribution in [-0.2, 0) is 0 Å². The Bertz CT molecular complexity index is 84.9. The quantitative estimate of drug-likeness (QED) is 0.543. The average molecular weight is 128 g/mol. The normalized spacial score (nSPS) is 22.7. The highest BCUT2D eigenvalue weighted by Gasteiger charge is 2.19. The van der Waals surface area contributed by atoms with E-state index in [0.717, 1.165) is 19.3 Å². The van der Waals surface area contributed by atoms with Gasteiger partial charge in [-0.15, -0.1) is 0 Å². The van der Waals surface area contributed by atoms with E-state index in [1.165, 1.54) is 6.54 Å². The average Bonchev–Trinajstić information content (AvgIpc) is 1.60. The van der Waals surface area contributed by atoms with Crippen molar-refractivity contribution in [3.63, 3.8) is 0 Å². The molecule has 1 saturated heterocycles. The van der Waals surface area contributed by atoms with Gasteiger partial charge in [-0.2, -0.15) is 0 Å². The molecule has 0 aromatic carbocycles. The molecule has 0 amide bonds. The first-order valence-corrected chi connectivity index (χ1v) is 3.59. The summed E-state index contributed by atoms with van der Waals surface area (Å²) in [4.78, 5) is 4.76. The Morgan fingerprint density at radius 3 is 2.22 bits per heavy atom. The van der Waals surface area contributed by atoms with Crippen molar-refractivity contribution in [3.05, 3.63) is 0 Å². The molecule has 0 bridgehead atoms. The van der Waals surface area contributed by atoms with E-state index in [9.17, 15) is 0 Å². The first kappa shape index (κ1) is 7.03. The Balaban J connectivity index is 2.04. The summed E-state index contributed by atoms with van der Waals surface area (Å²) >= 11 is 0. The van der Waals surface area contributed by atoms with Crippen LogP contribution < -0.4 is 0 Å². The van der Waals surface area contributed by atoms with Gasteiger partial charge in [0.05, 0.1) is 13.3 Å². The van der Waals surface area contributed by atoms with Crippen molar-refractivity contribution in [2.75, 3.05) is 26.9 Å². The Hall–Kier alpha value is -0.0800. The van der Waals surface area contributed by atoms with Gasteiger partial charge in [-0.25, -0.2) is 0 Å². The fraction of sp³-hybridized carbons (Fsp3) is 1.00. The van der Waals surface area contributed by atoms with Crippen molar-refractivity contribution in [3.8, 4) is 0 Å². The predicted molar refractivity (Wildman–Crippen MR) is 39.0 cm³/mol. The van der Waals surface area contributed by atoms with Gasteiger partial charge in [0.2, 0.25) is 0 Å². The van der Waals surface area contributed by atoms with Gasteiger partial charge >= 0.3 is 0 Å². The lowest BCUT2D eigenvalue weighted by Gasteiger charge is -2.40. The largest absolute Gasteiger partial charge is 0.280 e. The maximum Gasteiger partial charge on any atom is 0.0527 e. The first-order valence-electron chi connectivity index (χ1n) is 3.59. The Kier molecular flexibility index (Phi) is 2.09. The highest BCUT2D eigenvalue weighted by Crippen LogP contribution is 2.07. The summed E-state index contributed by atoms with van der Waals surface area (Å²) in [7, 11) is 2.15. The van der Waals surface area contributed by atoms with E-state index < -0.39 is 0 Å². The van der Waals surface area contributed by atoms with Crippen molar-refractivity contribution in [1.82, 2.24) is 9.80 Å². The molecule has 0 atom stereocenters. The van der Waals surface area contributed by atoms with Gasteiger partial charge in [-0.3, -0.25) is 9.80 Å². The summed E-state index contributed by atoms with van der Waals surface area (Å²) in [6.45, 7) is 8.11. The van der Waals surface area contributed by atoms with Gasteiger partial charge in [0.15, 0.2) is 0 Å². The second-order valence-electron chi connectivity index (χ2n) is 3.39. The van der Waals surface area contributed by atoms with Gasteiger partial charge in [0.1, 0.15) is 0 Å². The minimum Gasteiger partial charge on any atom is -0.280 e. The molecule has 54 valence electrons. The van der Waals surface area contributed by atoms with Crippen molar-refractivity contribution in [2.24, 2.45) is 5.92 Å². The maximum atomic E-state index is 2.45. The molecule has 1 fully saturated rings. The molecule has 2 nitrogen and oxygen atoms in total. The van der Waals surface area contributed by atoms with Crippen LogP contribution in [0.5, 0.6) is 0 Å². The van der Waals surface area contributed by atoms with E-state index >= 15 is 0 Å². The van der Waals surface area contributed by atoms with Crippen molar-refractivity contribution >= 4 is 0 Å². The second-order valence-corrected chi connectivity index (χ2v) is 3.39. The SMILES string of the molecule is CC(C)CN1CN(C)C1. The predicted octanol–water partition coefficient (Wildman–Crippen LogP) is 0.805. The molecule has 0 N–H and O–H groups in total. The van der Waals surface area contributed by atoms with Gasteiger partial charge < -0.3 is 0 Å². The molecule has 1 heterocycles. The minimum atomic E-state index is 0.818. The Morgan fingerprint density at radius 1 is 1.33 bits per heavy atom. The van der Waals surface area contributed by atoms with Crippen LogP contribution in [0.2, 0.25) is 0 Å². The van der Waals surface area contributed by atoms with Gasteiger partial charge in [0.25, 0.3) is 0 Å². The Morgan fingerprint density at radius 2 is 1.89 bits per heavy atom. The molecule has 1 aliphatic heterocycles. The molecular weight excluding hydrogens is 112 g/mol. The third kappa shape index (κ3) is 1.95. The van der Waals surface area contributed by atoms with Crippen LogP contribution >= 0.6 is 0 Å². The summed E-state index contributed by atoms with van der Waals surface area (Å²) < 4.78 is 0. The lowest BCUT2D eigenvalue weighted by molar-refractivity contribution is -0.0164. The summed E-state index contributed by atoms with van der Waals surface area (Å²) in [5.41, 5.74) is 0. The number of nitrogens with zero attached hydrogens (tertiary/aromatic N) is 2. The Labute approximate surface area is 57.4 Å². The molecule has 0 saturated carbocycles. The van der Waals surface area contributed by atoms with E-state index in [1.54, 1.807) is 0 Å². The monoisotopic (exact) mass is 128 g/mol. The van der Waals surface area contributed by atoms with Crippen LogP contribution in [0.3, 0.4) is 0 Å². The van der Waals surface area contributed by atoms with Crippen LogP contribution in [0, 0.1) is 5.92 Å². The van der Waals surface area contributed by atoms with E-state index in [-0.39, 0.29) is 0 Å². The van der Waals surface area contributed by atoms with E-state index in [0.29, 0.717) is 0 Å². The van der Waals surface area contributed by atoms with E-state index in [2.05, 4.69) is 30.7 Å². The maximum absolute atomic E-state index is 2.45. The van der Waals surface area contributed by atoms with Gasteiger partial charge in [-0.05, 0) is 13.0 Å². The highest BCUT2D eigenvalue weighted by atomic mass is 15.5. The standard InChI is InChI=1S/C7H16N2/c1-7(2)4-9-5-8(3)6-9/h7H,4-6H2,1-3H3. The summed E-state index contributed by atoms with van der Waals surface area (Å²) in [6, 6.07) is 0. The second kappa shape index (κ2) is 2.67. The lowest BCUT2D eigenvalue weighted by Crippen LogP contribution is -2.53. The fourth-order valence-electron chi connectivity index (χ4n) is 1.27. The zero-order valence-electron chi connectivity index (χ0n) is 6.59. The van der Waals surface area contributed by atoms with Crippen LogP contribution in [-0.4, -0.2) is 36.7 Å². The van der Waals surface area contributed by atoms with Gasteiger partial charge in [-0.1, -0.05) is 13.8 Å². The smallest absolute Gasteiger partial charge is 0.0527 e. The lowest BCUT2D eigenvalue weighted by atomic mass is 10.2. The molecule has 2 heteroatoms.